The molecule has 1 aliphatic heterocycles. The largest absolute Gasteiger partial charge is 0.436 e. The fraction of sp³-hybridized carbons (Fsp3) is 0.211. The van der Waals surface area contributed by atoms with Crippen LogP contribution in [0.25, 0.3) is 16.7 Å². The molecule has 0 radical (unpaired) electrons. The van der Waals surface area contributed by atoms with Gasteiger partial charge in [-0.25, -0.2) is 9.37 Å². The van der Waals surface area contributed by atoms with Gasteiger partial charge < -0.3 is 4.42 Å². The number of hydrogen-bond donors (Lipinski definition) is 0. The van der Waals surface area contributed by atoms with Crippen molar-refractivity contribution in [2.24, 2.45) is 0 Å². The molecule has 0 N–H and O–H groups in total. The third-order valence-corrected chi connectivity index (χ3v) is 4.47. The summed E-state index contributed by atoms with van der Waals surface area (Å²) in [5.41, 5.74) is 3.78. The SMILES string of the molecule is Fc1ccc(CN2CC=C(c3nc4cc(Cl)ccc4o3)CC2)cc1. The molecule has 0 saturated carbocycles. The molecular formula is C19H16ClFN2O. The quantitative estimate of drug-likeness (QED) is 0.677. The summed E-state index contributed by atoms with van der Waals surface area (Å²) in [6, 6.07) is 12.1. The highest BCUT2D eigenvalue weighted by atomic mass is 35.5. The van der Waals surface area contributed by atoms with Crippen LogP contribution in [0.5, 0.6) is 0 Å². The minimum absolute atomic E-state index is 0.198. The van der Waals surface area contributed by atoms with Crippen LogP contribution in [0.15, 0.2) is 53.0 Å². The lowest BCUT2D eigenvalue weighted by Gasteiger charge is -2.25. The number of hydrogen-bond acceptors (Lipinski definition) is 3. The van der Waals surface area contributed by atoms with Crippen molar-refractivity contribution in [3.63, 3.8) is 0 Å². The zero-order valence-corrected chi connectivity index (χ0v) is 13.8. The van der Waals surface area contributed by atoms with E-state index in [1.165, 1.54) is 12.1 Å². The fourth-order valence-electron chi connectivity index (χ4n) is 2.94. The minimum Gasteiger partial charge on any atom is -0.436 e. The summed E-state index contributed by atoms with van der Waals surface area (Å²) in [5.74, 6) is 0.476. The standard InChI is InChI=1S/C19H16ClFN2O/c20-15-3-6-18-17(11-15)22-19(24-18)14-7-9-23(10-8-14)12-13-1-4-16(21)5-2-13/h1-7,11H,8-10,12H2. The van der Waals surface area contributed by atoms with E-state index in [9.17, 15) is 4.39 Å². The Morgan fingerprint density at radius 1 is 1.17 bits per heavy atom. The van der Waals surface area contributed by atoms with Crippen molar-refractivity contribution in [1.82, 2.24) is 9.88 Å². The second-order valence-electron chi connectivity index (χ2n) is 5.97. The smallest absolute Gasteiger partial charge is 0.222 e. The third kappa shape index (κ3) is 3.21. The van der Waals surface area contributed by atoms with E-state index in [-0.39, 0.29) is 5.82 Å². The Hall–Kier alpha value is -2.17. The molecule has 5 heteroatoms. The lowest BCUT2D eigenvalue weighted by Crippen LogP contribution is -2.28. The first-order valence-corrected chi connectivity index (χ1v) is 8.27. The van der Waals surface area contributed by atoms with Crippen molar-refractivity contribution in [2.75, 3.05) is 13.1 Å². The highest BCUT2D eigenvalue weighted by molar-refractivity contribution is 6.31. The molecular weight excluding hydrogens is 327 g/mol. The highest BCUT2D eigenvalue weighted by Crippen LogP contribution is 2.27. The molecule has 0 spiro atoms. The van der Waals surface area contributed by atoms with Gasteiger partial charge in [0.15, 0.2) is 5.58 Å². The second kappa shape index (κ2) is 6.38. The van der Waals surface area contributed by atoms with Gasteiger partial charge in [-0.3, -0.25) is 4.90 Å². The van der Waals surface area contributed by atoms with Crippen molar-refractivity contribution < 1.29 is 8.81 Å². The molecule has 122 valence electrons. The molecule has 3 aromatic rings. The number of oxazole rings is 1. The molecule has 0 unspecified atom stereocenters. The zero-order valence-electron chi connectivity index (χ0n) is 13.0. The average molecular weight is 343 g/mol. The molecule has 0 atom stereocenters. The van der Waals surface area contributed by atoms with Gasteiger partial charge in [0.25, 0.3) is 0 Å². The Kier molecular flexibility index (Phi) is 4.08. The molecule has 2 heterocycles. The summed E-state index contributed by atoms with van der Waals surface area (Å²) < 4.78 is 18.8. The van der Waals surface area contributed by atoms with Crippen molar-refractivity contribution in [3.8, 4) is 0 Å². The fourth-order valence-corrected chi connectivity index (χ4v) is 3.10. The van der Waals surface area contributed by atoms with E-state index >= 15 is 0 Å². The second-order valence-corrected chi connectivity index (χ2v) is 6.41. The first-order chi connectivity index (χ1) is 11.7. The van der Waals surface area contributed by atoms with Gasteiger partial charge in [0.1, 0.15) is 11.3 Å². The maximum absolute atomic E-state index is 13.0. The summed E-state index contributed by atoms with van der Waals surface area (Å²) in [5, 5.41) is 0.658. The van der Waals surface area contributed by atoms with Crippen molar-refractivity contribution >= 4 is 28.3 Å². The predicted molar refractivity (Wildman–Crippen MR) is 93.3 cm³/mol. The Bertz CT molecular complexity index is 901. The zero-order chi connectivity index (χ0) is 16.5. The van der Waals surface area contributed by atoms with Gasteiger partial charge in [0, 0.05) is 30.2 Å². The maximum atomic E-state index is 13.0. The van der Waals surface area contributed by atoms with Gasteiger partial charge >= 0.3 is 0 Å². The van der Waals surface area contributed by atoms with Gasteiger partial charge in [-0.05, 0) is 42.3 Å². The predicted octanol–water partition coefficient (Wildman–Crippen LogP) is 4.91. The van der Waals surface area contributed by atoms with Gasteiger partial charge in [-0.2, -0.15) is 0 Å². The van der Waals surface area contributed by atoms with Crippen LogP contribution >= 0.6 is 11.6 Å². The van der Waals surface area contributed by atoms with Crippen LogP contribution in [-0.2, 0) is 6.54 Å². The van der Waals surface area contributed by atoms with E-state index in [2.05, 4.69) is 16.0 Å². The highest BCUT2D eigenvalue weighted by Gasteiger charge is 2.17. The third-order valence-electron chi connectivity index (χ3n) is 4.24. The molecule has 0 saturated heterocycles. The van der Waals surface area contributed by atoms with E-state index in [0.29, 0.717) is 10.9 Å². The molecule has 0 aliphatic carbocycles. The van der Waals surface area contributed by atoms with E-state index in [1.54, 1.807) is 6.07 Å². The van der Waals surface area contributed by atoms with E-state index < -0.39 is 0 Å². The molecule has 0 bridgehead atoms. The summed E-state index contributed by atoms with van der Waals surface area (Å²) in [6.45, 7) is 2.56. The van der Waals surface area contributed by atoms with Gasteiger partial charge in [0.05, 0.1) is 0 Å². The van der Waals surface area contributed by atoms with Gasteiger partial charge in [0.2, 0.25) is 5.89 Å². The molecule has 3 nitrogen and oxygen atoms in total. The lowest BCUT2D eigenvalue weighted by molar-refractivity contribution is 0.292. The first kappa shape index (κ1) is 15.4. The van der Waals surface area contributed by atoms with Crippen molar-refractivity contribution in [1.29, 1.82) is 0 Å². The molecule has 24 heavy (non-hydrogen) atoms. The van der Waals surface area contributed by atoms with E-state index in [0.717, 1.165) is 48.3 Å². The van der Waals surface area contributed by atoms with Crippen LogP contribution in [-0.4, -0.2) is 23.0 Å². The van der Waals surface area contributed by atoms with Crippen LogP contribution in [0, 0.1) is 5.82 Å². The first-order valence-electron chi connectivity index (χ1n) is 7.90. The Labute approximate surface area is 144 Å². The number of benzene rings is 2. The number of aromatic nitrogens is 1. The topological polar surface area (TPSA) is 29.3 Å². The van der Waals surface area contributed by atoms with Crippen LogP contribution in [0.3, 0.4) is 0 Å². The van der Waals surface area contributed by atoms with Crippen LogP contribution in [0.1, 0.15) is 17.9 Å². The van der Waals surface area contributed by atoms with Crippen LogP contribution < -0.4 is 0 Å². The van der Waals surface area contributed by atoms with Crippen molar-refractivity contribution in [3.05, 3.63) is 70.8 Å². The normalized spacial score (nSPS) is 15.7. The number of nitrogens with zero attached hydrogens (tertiary/aromatic N) is 2. The number of rotatable bonds is 3. The summed E-state index contributed by atoms with van der Waals surface area (Å²) in [4.78, 5) is 6.85. The van der Waals surface area contributed by atoms with Crippen molar-refractivity contribution in [2.45, 2.75) is 13.0 Å². The molecule has 2 aromatic carbocycles. The van der Waals surface area contributed by atoms with Gasteiger partial charge in [-0.15, -0.1) is 0 Å². The average Bonchev–Trinajstić information content (AvgIpc) is 3.01. The molecule has 1 aliphatic rings. The summed E-state index contributed by atoms with van der Waals surface area (Å²) >= 11 is 5.99. The van der Waals surface area contributed by atoms with E-state index in [4.69, 9.17) is 16.0 Å². The van der Waals surface area contributed by atoms with Gasteiger partial charge in [-0.1, -0.05) is 29.8 Å². The molecule has 1 aromatic heterocycles. The number of halogens is 2. The maximum Gasteiger partial charge on any atom is 0.222 e. The Morgan fingerprint density at radius 2 is 2.00 bits per heavy atom. The number of fused-ring (bicyclic) bond motifs is 1. The van der Waals surface area contributed by atoms with Crippen LogP contribution in [0.2, 0.25) is 5.02 Å². The molecule has 0 amide bonds. The molecule has 4 rings (SSSR count). The Morgan fingerprint density at radius 3 is 2.75 bits per heavy atom. The summed E-state index contributed by atoms with van der Waals surface area (Å²) in [7, 11) is 0. The Balaban J connectivity index is 1.48. The lowest BCUT2D eigenvalue weighted by atomic mass is 10.1. The summed E-state index contributed by atoms with van der Waals surface area (Å²) in [6.07, 6.45) is 3.03. The minimum atomic E-state index is -0.198. The van der Waals surface area contributed by atoms with E-state index in [1.807, 2.05) is 24.3 Å². The molecule has 0 fully saturated rings. The monoisotopic (exact) mass is 342 g/mol. The van der Waals surface area contributed by atoms with Crippen LogP contribution in [0.4, 0.5) is 4.39 Å².